The van der Waals surface area contributed by atoms with E-state index < -0.39 is 16.8 Å². The number of aryl methyl sites for hydroxylation is 2. The van der Waals surface area contributed by atoms with Crippen LogP contribution in [0.3, 0.4) is 0 Å². The van der Waals surface area contributed by atoms with Crippen LogP contribution in [-0.2, 0) is 18.0 Å². The molecule has 0 aliphatic heterocycles. The molecule has 25 heavy (non-hydrogen) atoms. The Kier molecular flexibility index (Phi) is 6.61. The van der Waals surface area contributed by atoms with E-state index in [9.17, 15) is 13.4 Å². The first-order valence-electron chi connectivity index (χ1n) is 7.78. The zero-order valence-corrected chi connectivity index (χ0v) is 15.9. The van der Waals surface area contributed by atoms with Gasteiger partial charge in [-0.15, -0.1) is 11.6 Å². The smallest absolute Gasteiger partial charge is 0.254 e. The summed E-state index contributed by atoms with van der Waals surface area (Å²) in [5.41, 5.74) is 1.77. The number of alkyl halides is 1. The van der Waals surface area contributed by atoms with Gasteiger partial charge in [-0.2, -0.15) is 0 Å². The first-order valence-corrected chi connectivity index (χ1v) is 9.63. The third kappa shape index (κ3) is 4.83. The number of nitrogens with zero attached hydrogens (tertiary/aromatic N) is 1. The van der Waals surface area contributed by atoms with Crippen molar-refractivity contribution in [3.8, 4) is 0 Å². The van der Waals surface area contributed by atoms with E-state index in [1.54, 1.807) is 39.1 Å². The van der Waals surface area contributed by atoms with E-state index in [-0.39, 0.29) is 11.2 Å². The second-order valence-electron chi connectivity index (χ2n) is 5.76. The van der Waals surface area contributed by atoms with Crippen molar-refractivity contribution < 1.29 is 8.60 Å². The van der Waals surface area contributed by atoms with Crippen molar-refractivity contribution in [2.45, 2.75) is 20.3 Å². The van der Waals surface area contributed by atoms with Crippen LogP contribution in [0, 0.1) is 19.7 Å². The van der Waals surface area contributed by atoms with Gasteiger partial charge in [0.2, 0.25) is 0 Å². The summed E-state index contributed by atoms with van der Waals surface area (Å²) in [6.45, 7) is 3.47. The SMILES string of the molecule is Cc1ccc(Nc2c(NS(=O)CCCCl)cc(C)c(=O)n2C)c(F)c1. The Morgan fingerprint density at radius 2 is 1.96 bits per heavy atom. The van der Waals surface area contributed by atoms with Gasteiger partial charge in [0, 0.05) is 24.2 Å². The molecule has 0 bridgehead atoms. The largest absolute Gasteiger partial charge is 0.337 e. The van der Waals surface area contributed by atoms with Crippen molar-refractivity contribution in [1.82, 2.24) is 4.57 Å². The van der Waals surface area contributed by atoms with Crippen LogP contribution in [0.25, 0.3) is 0 Å². The van der Waals surface area contributed by atoms with Crippen molar-refractivity contribution in [2.75, 3.05) is 21.7 Å². The van der Waals surface area contributed by atoms with Crippen molar-refractivity contribution >= 4 is 39.8 Å². The number of hydrogen-bond donors (Lipinski definition) is 2. The topological polar surface area (TPSA) is 63.1 Å². The lowest BCUT2D eigenvalue weighted by molar-refractivity contribution is 0.630. The minimum atomic E-state index is -1.35. The lowest BCUT2D eigenvalue weighted by atomic mass is 10.2. The molecule has 1 atom stereocenters. The van der Waals surface area contributed by atoms with Gasteiger partial charge in [-0.3, -0.25) is 9.36 Å². The number of halogens is 2. The third-order valence-corrected chi connectivity index (χ3v) is 5.03. The second-order valence-corrected chi connectivity index (χ2v) is 7.44. The number of anilines is 3. The normalized spacial score (nSPS) is 12.0. The van der Waals surface area contributed by atoms with Crippen molar-refractivity contribution in [3.63, 3.8) is 0 Å². The summed E-state index contributed by atoms with van der Waals surface area (Å²) in [6.07, 6.45) is 0.598. The molecule has 1 aromatic heterocycles. The number of aromatic nitrogens is 1. The lowest BCUT2D eigenvalue weighted by Gasteiger charge is -2.18. The molecule has 0 fully saturated rings. The average molecular weight is 386 g/mol. The van der Waals surface area contributed by atoms with Gasteiger partial charge in [0.25, 0.3) is 5.56 Å². The summed E-state index contributed by atoms with van der Waals surface area (Å²) in [5.74, 6) is 0.711. The fraction of sp³-hybridized carbons (Fsp3) is 0.353. The number of nitrogens with one attached hydrogen (secondary N) is 2. The van der Waals surface area contributed by atoms with Crippen LogP contribution in [0.5, 0.6) is 0 Å². The molecule has 0 spiro atoms. The van der Waals surface area contributed by atoms with E-state index >= 15 is 0 Å². The van der Waals surface area contributed by atoms with Gasteiger partial charge in [-0.1, -0.05) is 6.07 Å². The van der Waals surface area contributed by atoms with Gasteiger partial charge in [-0.25, -0.2) is 8.60 Å². The standard InChI is InChI=1S/C17H21ClFN3O2S/c1-11-5-6-14(13(19)9-11)20-16-15(21-25(24)8-4-7-18)10-12(2)17(23)22(16)3/h5-6,9-10,20-21H,4,7-8H2,1-3H3. The molecule has 1 unspecified atom stereocenters. The summed E-state index contributed by atoms with van der Waals surface area (Å²) in [5, 5.41) is 2.93. The summed E-state index contributed by atoms with van der Waals surface area (Å²) in [6, 6.07) is 6.38. The number of benzene rings is 1. The summed E-state index contributed by atoms with van der Waals surface area (Å²) < 4.78 is 30.6. The van der Waals surface area contributed by atoms with E-state index in [1.807, 2.05) is 0 Å². The zero-order chi connectivity index (χ0) is 18.6. The van der Waals surface area contributed by atoms with Gasteiger partial charge < -0.3 is 10.0 Å². The molecular formula is C17H21ClFN3O2S. The van der Waals surface area contributed by atoms with E-state index in [4.69, 9.17) is 11.6 Å². The van der Waals surface area contributed by atoms with Gasteiger partial charge in [-0.05, 0) is 44.0 Å². The van der Waals surface area contributed by atoms with Crippen LogP contribution < -0.4 is 15.6 Å². The maximum absolute atomic E-state index is 14.2. The molecule has 0 aliphatic carbocycles. The van der Waals surface area contributed by atoms with Gasteiger partial charge in [0.15, 0.2) is 0 Å². The fourth-order valence-corrected chi connectivity index (χ4v) is 3.53. The van der Waals surface area contributed by atoms with E-state index in [2.05, 4.69) is 10.0 Å². The molecule has 0 amide bonds. The van der Waals surface area contributed by atoms with E-state index in [0.717, 1.165) is 5.56 Å². The summed E-state index contributed by atoms with van der Waals surface area (Å²) in [4.78, 5) is 12.2. The predicted molar refractivity (Wildman–Crippen MR) is 103 cm³/mol. The van der Waals surface area contributed by atoms with E-state index in [1.165, 1.54) is 10.6 Å². The maximum atomic E-state index is 14.2. The molecule has 8 heteroatoms. The van der Waals surface area contributed by atoms with Crippen molar-refractivity contribution in [3.05, 3.63) is 51.6 Å². The van der Waals surface area contributed by atoms with Crippen LogP contribution >= 0.6 is 11.6 Å². The molecular weight excluding hydrogens is 365 g/mol. The maximum Gasteiger partial charge on any atom is 0.254 e. The van der Waals surface area contributed by atoms with Crippen LogP contribution in [0.4, 0.5) is 21.6 Å². The molecule has 0 saturated heterocycles. The minimum Gasteiger partial charge on any atom is -0.337 e. The molecule has 136 valence electrons. The fourth-order valence-electron chi connectivity index (χ4n) is 2.33. The Hall–Kier alpha value is -1.86. The Morgan fingerprint density at radius 1 is 1.24 bits per heavy atom. The highest BCUT2D eigenvalue weighted by molar-refractivity contribution is 7.86. The van der Waals surface area contributed by atoms with Gasteiger partial charge in [0.05, 0.1) is 11.4 Å². The summed E-state index contributed by atoms with van der Waals surface area (Å²) >= 11 is 5.63. The second kappa shape index (κ2) is 8.49. The van der Waals surface area contributed by atoms with Gasteiger partial charge in [0.1, 0.15) is 22.6 Å². The van der Waals surface area contributed by atoms with Gasteiger partial charge >= 0.3 is 0 Å². The highest BCUT2D eigenvalue weighted by atomic mass is 35.5. The first-order chi connectivity index (χ1) is 11.8. The Morgan fingerprint density at radius 3 is 2.60 bits per heavy atom. The zero-order valence-electron chi connectivity index (χ0n) is 14.4. The van der Waals surface area contributed by atoms with Crippen molar-refractivity contribution in [1.29, 1.82) is 0 Å². The molecule has 2 aromatic rings. The molecule has 0 radical (unpaired) electrons. The number of hydrogen-bond acceptors (Lipinski definition) is 3. The molecule has 5 nitrogen and oxygen atoms in total. The quantitative estimate of drug-likeness (QED) is 0.716. The van der Waals surface area contributed by atoms with Crippen LogP contribution in [0.15, 0.2) is 29.1 Å². The molecule has 0 saturated carbocycles. The van der Waals surface area contributed by atoms with Crippen LogP contribution in [-0.4, -0.2) is 20.4 Å². The van der Waals surface area contributed by atoms with Crippen LogP contribution in [0.1, 0.15) is 17.5 Å². The Bertz CT molecular complexity index is 855. The molecule has 1 heterocycles. The van der Waals surface area contributed by atoms with Crippen molar-refractivity contribution in [2.24, 2.45) is 7.05 Å². The Labute approximate surface area is 153 Å². The molecule has 1 aromatic carbocycles. The predicted octanol–water partition coefficient (Wildman–Crippen LogP) is 3.59. The molecule has 2 rings (SSSR count). The highest BCUT2D eigenvalue weighted by Crippen LogP contribution is 2.27. The average Bonchev–Trinajstić information content (AvgIpc) is 2.56. The highest BCUT2D eigenvalue weighted by Gasteiger charge is 2.14. The first kappa shape index (κ1) is 19.5. The lowest BCUT2D eigenvalue weighted by Crippen LogP contribution is -2.24. The number of rotatable bonds is 7. The number of pyridine rings is 1. The summed E-state index contributed by atoms with van der Waals surface area (Å²) in [7, 11) is 0.225. The third-order valence-electron chi connectivity index (χ3n) is 3.66. The monoisotopic (exact) mass is 385 g/mol. The van der Waals surface area contributed by atoms with Crippen LogP contribution in [0.2, 0.25) is 0 Å². The minimum absolute atomic E-state index is 0.216. The molecule has 2 N–H and O–H groups in total. The van der Waals surface area contributed by atoms with E-state index in [0.29, 0.717) is 35.1 Å². The Balaban J connectivity index is 2.42. The molecule has 0 aliphatic rings.